The molecule has 1 fully saturated rings. The molecule has 8 heteroatoms. The first-order chi connectivity index (χ1) is 12.6. The van der Waals surface area contributed by atoms with Crippen molar-refractivity contribution in [2.24, 2.45) is 10.9 Å². The van der Waals surface area contributed by atoms with Gasteiger partial charge in [-0.1, -0.05) is 24.8 Å². The van der Waals surface area contributed by atoms with E-state index in [0.29, 0.717) is 18.3 Å². The van der Waals surface area contributed by atoms with Gasteiger partial charge < -0.3 is 19.3 Å². The maximum absolute atomic E-state index is 12.6. The van der Waals surface area contributed by atoms with Crippen molar-refractivity contribution >= 4 is 23.0 Å². The normalized spacial score (nSPS) is 31.7. The predicted octanol–water partition coefficient (Wildman–Crippen LogP) is 3.03. The number of hydrogen-bond donors (Lipinski definition) is 1. The van der Waals surface area contributed by atoms with Crippen molar-refractivity contribution in [3.8, 4) is 0 Å². The molecule has 0 aromatic carbocycles. The van der Waals surface area contributed by atoms with Crippen LogP contribution in [0.15, 0.2) is 17.6 Å². The third-order valence-corrected chi connectivity index (χ3v) is 5.63. The molecule has 0 spiro atoms. The first-order valence-corrected chi connectivity index (χ1v) is 10.3. The molecule has 2 rings (SSSR count). The van der Waals surface area contributed by atoms with E-state index in [2.05, 4.69) is 6.58 Å². The number of aliphatic hydroxyl groups excluding tert-OH is 1. The third-order valence-electron chi connectivity index (χ3n) is 4.47. The number of rotatable bonds is 5. The molecule has 1 amide bonds. The van der Waals surface area contributed by atoms with Crippen LogP contribution in [0.1, 0.15) is 41.5 Å². The van der Waals surface area contributed by atoms with Crippen molar-refractivity contribution in [1.82, 2.24) is 4.90 Å². The van der Waals surface area contributed by atoms with Crippen LogP contribution < -0.4 is 0 Å². The van der Waals surface area contributed by atoms with Gasteiger partial charge >= 0.3 is 6.09 Å². The SMILES string of the molecule is C=CCO[C@H]1[C@H](C)[C@@H](C(C)O)O[C@@H]2SC(N(CC)C(=O)OC(C)(C)C)=N[C@H]12. The lowest BCUT2D eigenvalue weighted by atomic mass is 9.87. The number of carbonyl (C=O) groups excluding carboxylic acids is 1. The molecule has 7 nitrogen and oxygen atoms in total. The molecule has 2 aliphatic rings. The summed E-state index contributed by atoms with van der Waals surface area (Å²) in [7, 11) is 0. The second-order valence-electron chi connectivity index (χ2n) is 7.90. The molecule has 27 heavy (non-hydrogen) atoms. The minimum Gasteiger partial charge on any atom is -0.443 e. The minimum absolute atomic E-state index is 0.0495. The first kappa shape index (κ1) is 22.2. The number of aliphatic hydroxyl groups is 1. The third kappa shape index (κ3) is 5.25. The molecule has 0 radical (unpaired) electrons. The van der Waals surface area contributed by atoms with Gasteiger partial charge in [0.2, 0.25) is 0 Å². The van der Waals surface area contributed by atoms with Gasteiger partial charge in [0.25, 0.3) is 0 Å². The summed E-state index contributed by atoms with van der Waals surface area (Å²) in [6.45, 7) is 15.6. The quantitative estimate of drug-likeness (QED) is 0.715. The molecule has 1 N–H and O–H groups in total. The zero-order valence-corrected chi connectivity index (χ0v) is 17.9. The Kier molecular flexibility index (Phi) is 7.35. The largest absolute Gasteiger partial charge is 0.443 e. The van der Waals surface area contributed by atoms with Crippen molar-refractivity contribution in [3.63, 3.8) is 0 Å². The number of thioether (sulfide) groups is 1. The van der Waals surface area contributed by atoms with Crippen molar-refractivity contribution in [3.05, 3.63) is 12.7 Å². The van der Waals surface area contributed by atoms with Crippen LogP contribution in [0.5, 0.6) is 0 Å². The first-order valence-electron chi connectivity index (χ1n) is 9.40. The Hall–Kier alpha value is -1.09. The van der Waals surface area contributed by atoms with Crippen LogP contribution in [0.4, 0.5) is 4.79 Å². The molecule has 0 saturated carbocycles. The van der Waals surface area contributed by atoms with Gasteiger partial charge in [0, 0.05) is 12.5 Å². The van der Waals surface area contributed by atoms with E-state index >= 15 is 0 Å². The van der Waals surface area contributed by atoms with E-state index in [9.17, 15) is 9.90 Å². The molecule has 154 valence electrons. The fraction of sp³-hybridized carbons (Fsp3) is 0.789. The maximum Gasteiger partial charge on any atom is 0.416 e. The van der Waals surface area contributed by atoms with Gasteiger partial charge in [0.1, 0.15) is 17.1 Å². The van der Waals surface area contributed by atoms with E-state index in [4.69, 9.17) is 19.2 Å². The Labute approximate surface area is 166 Å². The van der Waals surface area contributed by atoms with E-state index in [0.717, 1.165) is 0 Å². The lowest BCUT2D eigenvalue weighted by molar-refractivity contribution is -0.158. The van der Waals surface area contributed by atoms with Crippen LogP contribution in [0.3, 0.4) is 0 Å². The molecule has 0 aromatic rings. The van der Waals surface area contributed by atoms with E-state index in [-0.39, 0.29) is 29.6 Å². The fourth-order valence-electron chi connectivity index (χ4n) is 3.28. The summed E-state index contributed by atoms with van der Waals surface area (Å²) in [6.07, 6.45) is 0.0379. The summed E-state index contributed by atoms with van der Waals surface area (Å²) in [4.78, 5) is 18.8. The lowest BCUT2D eigenvalue weighted by Gasteiger charge is -2.42. The summed E-state index contributed by atoms with van der Waals surface area (Å²) in [5.41, 5.74) is -0.902. The molecule has 6 atom stereocenters. The Morgan fingerprint density at radius 3 is 2.70 bits per heavy atom. The van der Waals surface area contributed by atoms with Crippen molar-refractivity contribution in [1.29, 1.82) is 0 Å². The van der Waals surface area contributed by atoms with Gasteiger partial charge in [-0.05, 0) is 34.6 Å². The molecule has 0 aliphatic carbocycles. The van der Waals surface area contributed by atoms with Crippen LogP contribution in [-0.2, 0) is 14.2 Å². The zero-order valence-electron chi connectivity index (χ0n) is 17.0. The highest BCUT2D eigenvalue weighted by atomic mass is 32.2. The summed E-state index contributed by atoms with van der Waals surface area (Å²) in [5, 5.41) is 10.7. The predicted molar refractivity (Wildman–Crippen MR) is 107 cm³/mol. The molecule has 1 saturated heterocycles. The highest BCUT2D eigenvalue weighted by Crippen LogP contribution is 2.41. The fourth-order valence-corrected chi connectivity index (χ4v) is 4.54. The van der Waals surface area contributed by atoms with E-state index in [1.807, 2.05) is 34.6 Å². The molecule has 1 unspecified atom stereocenters. The smallest absolute Gasteiger partial charge is 0.416 e. The number of carbonyl (C=O) groups is 1. The van der Waals surface area contributed by atoms with Gasteiger partial charge in [0.15, 0.2) is 5.17 Å². The molecule has 2 aliphatic heterocycles. The van der Waals surface area contributed by atoms with E-state index in [1.54, 1.807) is 13.0 Å². The van der Waals surface area contributed by atoms with E-state index in [1.165, 1.54) is 16.7 Å². The van der Waals surface area contributed by atoms with E-state index < -0.39 is 17.8 Å². The van der Waals surface area contributed by atoms with Gasteiger partial charge in [-0.3, -0.25) is 9.89 Å². The summed E-state index contributed by atoms with van der Waals surface area (Å²) < 4.78 is 17.6. The van der Waals surface area contributed by atoms with Gasteiger partial charge in [-0.25, -0.2) is 4.79 Å². The number of amides is 1. The summed E-state index contributed by atoms with van der Waals surface area (Å²) in [6, 6.07) is -0.258. The van der Waals surface area contributed by atoms with Gasteiger partial charge in [0.05, 0.1) is 24.9 Å². The Morgan fingerprint density at radius 2 is 2.19 bits per heavy atom. The molecule has 2 heterocycles. The second-order valence-corrected chi connectivity index (χ2v) is 8.97. The Balaban J connectivity index is 2.23. The maximum atomic E-state index is 12.6. The number of amidine groups is 1. The Bertz CT molecular complexity index is 575. The van der Waals surface area contributed by atoms with Crippen LogP contribution >= 0.6 is 11.8 Å². The molecule has 0 bridgehead atoms. The van der Waals surface area contributed by atoms with Gasteiger partial charge in [-0.2, -0.15) is 0 Å². The highest BCUT2D eigenvalue weighted by Gasteiger charge is 2.50. The number of hydrogen-bond acceptors (Lipinski definition) is 7. The number of aliphatic imine (C=N–C) groups is 1. The Morgan fingerprint density at radius 1 is 1.52 bits per heavy atom. The second kappa shape index (κ2) is 8.94. The monoisotopic (exact) mass is 400 g/mol. The summed E-state index contributed by atoms with van der Waals surface area (Å²) >= 11 is 1.38. The van der Waals surface area contributed by atoms with Crippen molar-refractivity contribution in [2.45, 2.75) is 76.9 Å². The van der Waals surface area contributed by atoms with Crippen molar-refractivity contribution in [2.75, 3.05) is 13.2 Å². The van der Waals surface area contributed by atoms with Crippen molar-refractivity contribution < 1.29 is 24.1 Å². The number of ether oxygens (including phenoxy) is 3. The number of nitrogens with zero attached hydrogens (tertiary/aromatic N) is 2. The highest BCUT2D eigenvalue weighted by molar-refractivity contribution is 8.14. The van der Waals surface area contributed by atoms with Crippen LogP contribution in [0, 0.1) is 5.92 Å². The summed E-state index contributed by atoms with van der Waals surface area (Å²) in [5.74, 6) is -0.0495. The molecule has 0 aromatic heterocycles. The van der Waals surface area contributed by atoms with Crippen LogP contribution in [-0.4, -0.2) is 69.8 Å². The van der Waals surface area contributed by atoms with Crippen LogP contribution in [0.2, 0.25) is 0 Å². The minimum atomic E-state index is -0.631. The van der Waals surface area contributed by atoms with Crippen LogP contribution in [0.25, 0.3) is 0 Å². The topological polar surface area (TPSA) is 80.6 Å². The zero-order chi connectivity index (χ0) is 20.4. The average Bonchev–Trinajstić information content (AvgIpc) is 2.95. The lowest BCUT2D eigenvalue weighted by Crippen LogP contribution is -2.54. The van der Waals surface area contributed by atoms with Gasteiger partial charge in [-0.15, -0.1) is 6.58 Å². The standard InChI is InChI=1S/C19H32N2O5S/c1-8-10-24-15-11(3)14(12(4)22)25-16-13(15)20-17(27-16)21(9-2)18(23)26-19(5,6)7/h8,11-16,22H,1,9-10H2,2-7H3/t11-,12?,13-,14+,15+,16-/m1/s1. The number of fused-ring (bicyclic) bond motifs is 1. The molecular formula is C19H32N2O5S. The molecular weight excluding hydrogens is 368 g/mol. The average molecular weight is 401 g/mol.